The summed E-state index contributed by atoms with van der Waals surface area (Å²) in [6, 6.07) is 61.6. The van der Waals surface area contributed by atoms with Crippen molar-refractivity contribution < 1.29 is 0 Å². The number of imidazole rings is 1. The minimum atomic E-state index is -0.345. The largest absolute Gasteiger partial charge is 0.344 e. The fourth-order valence-electron chi connectivity index (χ4n) is 8.28. The maximum absolute atomic E-state index is 12.8. The van der Waals surface area contributed by atoms with Gasteiger partial charge >= 0.3 is 5.69 Å². The molecule has 1 N–H and O–H groups in total. The molecule has 6 heteroatoms. The van der Waals surface area contributed by atoms with Crippen LogP contribution in [0.2, 0.25) is 0 Å². The van der Waals surface area contributed by atoms with Crippen LogP contribution in [0.25, 0.3) is 66.0 Å². The Labute approximate surface area is 324 Å². The van der Waals surface area contributed by atoms with Gasteiger partial charge in [-0.2, -0.15) is 0 Å². The third-order valence-electron chi connectivity index (χ3n) is 11.0. The maximum Gasteiger partial charge on any atom is 0.328 e. The number of nitrogens with zero attached hydrogens (tertiary/aromatic N) is 4. The SMILES string of the molecule is Cn1c(=O)n(C)c2cc(-c3ccccc3C3=NC(c4ccc(-c5c6ccccc6c(-c6ccccc6)c6ccccc56)cc4)=NC(c4ccccc4)N3)ccc21. The van der Waals surface area contributed by atoms with E-state index in [1.165, 1.54) is 38.2 Å². The molecule has 10 rings (SSSR count). The van der Waals surface area contributed by atoms with Crippen molar-refractivity contribution in [2.75, 3.05) is 0 Å². The first-order valence-electron chi connectivity index (χ1n) is 18.9. The molecule has 2 heterocycles. The van der Waals surface area contributed by atoms with Crippen LogP contribution >= 0.6 is 0 Å². The number of hydrogen-bond acceptors (Lipinski definition) is 4. The highest BCUT2D eigenvalue weighted by Gasteiger charge is 2.24. The van der Waals surface area contributed by atoms with E-state index in [1.807, 2.05) is 50.5 Å². The van der Waals surface area contributed by atoms with Gasteiger partial charge in [-0.05, 0) is 72.6 Å². The van der Waals surface area contributed by atoms with Crippen molar-refractivity contribution in [2.45, 2.75) is 6.17 Å². The lowest BCUT2D eigenvalue weighted by atomic mass is 9.86. The Kier molecular flexibility index (Phi) is 8.03. The normalized spacial score (nSPS) is 14.1. The van der Waals surface area contributed by atoms with E-state index in [-0.39, 0.29) is 11.9 Å². The molecule has 9 aromatic rings. The number of amidine groups is 2. The lowest BCUT2D eigenvalue weighted by Gasteiger charge is -2.25. The van der Waals surface area contributed by atoms with Crippen LogP contribution in [0.15, 0.2) is 191 Å². The second kappa shape index (κ2) is 13.5. The van der Waals surface area contributed by atoms with Crippen molar-refractivity contribution in [1.82, 2.24) is 14.5 Å². The van der Waals surface area contributed by atoms with Crippen LogP contribution in [0.1, 0.15) is 22.9 Å². The molecule has 1 aromatic heterocycles. The van der Waals surface area contributed by atoms with E-state index in [0.717, 1.165) is 50.2 Å². The first-order chi connectivity index (χ1) is 27.5. The number of aryl methyl sites for hydroxylation is 2. The van der Waals surface area contributed by atoms with Crippen molar-refractivity contribution in [3.63, 3.8) is 0 Å². The van der Waals surface area contributed by atoms with Crippen LogP contribution in [0.4, 0.5) is 0 Å². The molecule has 56 heavy (non-hydrogen) atoms. The van der Waals surface area contributed by atoms with Gasteiger partial charge in [-0.1, -0.05) is 164 Å². The number of nitrogens with one attached hydrogen (secondary N) is 1. The van der Waals surface area contributed by atoms with Crippen molar-refractivity contribution in [2.24, 2.45) is 24.1 Å². The predicted molar refractivity (Wildman–Crippen MR) is 231 cm³/mol. The summed E-state index contributed by atoms with van der Waals surface area (Å²) < 4.78 is 3.38. The van der Waals surface area contributed by atoms with Gasteiger partial charge in [0.2, 0.25) is 0 Å². The van der Waals surface area contributed by atoms with E-state index in [2.05, 4.69) is 145 Å². The fraction of sp³-hybridized carbons (Fsp3) is 0.0600. The minimum absolute atomic E-state index is 0.0492. The fourth-order valence-corrected chi connectivity index (χ4v) is 8.28. The smallest absolute Gasteiger partial charge is 0.328 e. The molecular formula is C50H37N5O. The van der Waals surface area contributed by atoms with Gasteiger partial charge in [0.25, 0.3) is 0 Å². The Bertz CT molecular complexity index is 3030. The van der Waals surface area contributed by atoms with Crippen LogP contribution in [-0.4, -0.2) is 20.8 Å². The van der Waals surface area contributed by atoms with Crippen LogP contribution in [0.3, 0.4) is 0 Å². The average molecular weight is 724 g/mol. The van der Waals surface area contributed by atoms with Gasteiger partial charge in [-0.15, -0.1) is 0 Å². The third kappa shape index (κ3) is 5.54. The number of rotatable bonds is 6. The Hall–Kier alpha value is -7.31. The van der Waals surface area contributed by atoms with Crippen molar-refractivity contribution in [3.8, 4) is 33.4 Å². The van der Waals surface area contributed by atoms with E-state index in [4.69, 9.17) is 9.98 Å². The molecule has 1 atom stereocenters. The monoisotopic (exact) mass is 723 g/mol. The summed E-state index contributed by atoms with van der Waals surface area (Å²) in [5.41, 5.74) is 11.5. The first kappa shape index (κ1) is 33.3. The number of hydrogen-bond donors (Lipinski definition) is 1. The highest BCUT2D eigenvalue weighted by molar-refractivity contribution is 6.21. The van der Waals surface area contributed by atoms with Crippen LogP contribution in [0.5, 0.6) is 0 Å². The lowest BCUT2D eigenvalue weighted by Crippen LogP contribution is -2.33. The lowest BCUT2D eigenvalue weighted by molar-refractivity contribution is 0.674. The molecule has 0 radical (unpaired) electrons. The first-order valence-corrected chi connectivity index (χ1v) is 18.9. The Balaban J connectivity index is 1.10. The van der Waals surface area contributed by atoms with Gasteiger partial charge in [0.15, 0.2) is 5.84 Å². The summed E-state index contributed by atoms with van der Waals surface area (Å²) in [4.78, 5) is 23.2. The zero-order valence-corrected chi connectivity index (χ0v) is 31.0. The van der Waals surface area contributed by atoms with E-state index in [0.29, 0.717) is 5.84 Å². The Morgan fingerprint density at radius 2 is 0.964 bits per heavy atom. The van der Waals surface area contributed by atoms with Crippen LogP contribution < -0.4 is 11.0 Å². The summed E-state index contributed by atoms with van der Waals surface area (Å²) in [6.07, 6.45) is -0.345. The number of aromatic nitrogens is 2. The van der Waals surface area contributed by atoms with Gasteiger partial charge < -0.3 is 5.32 Å². The van der Waals surface area contributed by atoms with Gasteiger partial charge in [-0.25, -0.2) is 14.8 Å². The van der Waals surface area contributed by atoms with Crippen LogP contribution in [-0.2, 0) is 14.1 Å². The highest BCUT2D eigenvalue weighted by Crippen LogP contribution is 2.43. The summed E-state index contributed by atoms with van der Waals surface area (Å²) in [5.74, 6) is 1.39. The molecule has 0 spiro atoms. The third-order valence-corrected chi connectivity index (χ3v) is 11.0. The molecule has 0 saturated carbocycles. The standard InChI is InChI=1S/C50H37N5O/c1-54-43-30-29-36(31-44(43)55(2)50(54)56)37-19-9-14-24-42(37)49-52-47(34-17-7-4-8-18-34)51-48(53-49)35-27-25-33(26-28-35)46-40-22-12-10-20-38(40)45(32-15-5-3-6-16-32)39-21-11-13-23-41(39)46/h3-31,47H,1-2H3,(H,51,52,53). The van der Waals surface area contributed by atoms with E-state index in [9.17, 15) is 4.79 Å². The second-order valence-electron chi connectivity index (χ2n) is 14.3. The molecule has 0 saturated heterocycles. The molecule has 8 aromatic carbocycles. The molecule has 268 valence electrons. The molecule has 0 bridgehead atoms. The zero-order valence-electron chi connectivity index (χ0n) is 31.0. The molecule has 0 amide bonds. The Morgan fingerprint density at radius 3 is 1.59 bits per heavy atom. The predicted octanol–water partition coefficient (Wildman–Crippen LogP) is 10.7. The maximum atomic E-state index is 12.8. The van der Waals surface area contributed by atoms with Gasteiger partial charge in [0.1, 0.15) is 12.0 Å². The number of aliphatic imine (C=N–C) groups is 2. The van der Waals surface area contributed by atoms with Gasteiger partial charge in [0, 0.05) is 25.2 Å². The van der Waals surface area contributed by atoms with Gasteiger partial charge in [0.05, 0.1) is 11.0 Å². The summed E-state index contributed by atoms with van der Waals surface area (Å²) in [5, 5.41) is 8.54. The van der Waals surface area contributed by atoms with Gasteiger partial charge in [-0.3, -0.25) is 9.13 Å². The minimum Gasteiger partial charge on any atom is -0.344 e. The number of fused-ring (bicyclic) bond motifs is 3. The average Bonchev–Trinajstić information content (AvgIpc) is 3.48. The molecule has 0 fully saturated rings. The van der Waals surface area contributed by atoms with Crippen molar-refractivity contribution in [3.05, 3.63) is 203 Å². The Morgan fingerprint density at radius 1 is 0.482 bits per heavy atom. The summed E-state index contributed by atoms with van der Waals surface area (Å²) in [6.45, 7) is 0. The quantitative estimate of drug-likeness (QED) is 0.174. The molecule has 1 aliphatic heterocycles. The second-order valence-corrected chi connectivity index (χ2v) is 14.3. The molecule has 1 unspecified atom stereocenters. The summed E-state index contributed by atoms with van der Waals surface area (Å²) >= 11 is 0. The molecule has 0 aliphatic carbocycles. The van der Waals surface area contributed by atoms with E-state index < -0.39 is 0 Å². The topological polar surface area (TPSA) is 63.7 Å². The van der Waals surface area contributed by atoms with Crippen LogP contribution in [0, 0.1) is 0 Å². The number of benzene rings is 8. The van der Waals surface area contributed by atoms with Crippen molar-refractivity contribution in [1.29, 1.82) is 0 Å². The van der Waals surface area contributed by atoms with Crippen molar-refractivity contribution >= 4 is 44.2 Å². The molecule has 1 aliphatic rings. The van der Waals surface area contributed by atoms with E-state index in [1.54, 1.807) is 9.13 Å². The molecule has 6 nitrogen and oxygen atoms in total. The van der Waals surface area contributed by atoms with E-state index >= 15 is 0 Å². The summed E-state index contributed by atoms with van der Waals surface area (Å²) in [7, 11) is 3.62. The highest BCUT2D eigenvalue weighted by atomic mass is 16.1. The zero-order chi connectivity index (χ0) is 37.8. The molecular weight excluding hydrogens is 687 g/mol.